The summed E-state index contributed by atoms with van der Waals surface area (Å²) < 4.78 is 0. The van der Waals surface area contributed by atoms with E-state index in [-0.39, 0.29) is 11.8 Å². The number of amides is 1. The van der Waals surface area contributed by atoms with Crippen molar-refractivity contribution in [2.45, 2.75) is 64.8 Å². The van der Waals surface area contributed by atoms with E-state index in [1.54, 1.807) is 0 Å². The number of carboxylic acid groups (broad SMARTS) is 1. The van der Waals surface area contributed by atoms with E-state index >= 15 is 0 Å². The minimum atomic E-state index is -0.797. The Hall–Kier alpha value is -1.06. The molecular weight excluding hydrogens is 266 g/mol. The fourth-order valence-corrected chi connectivity index (χ4v) is 4.32. The summed E-state index contributed by atoms with van der Waals surface area (Å²) >= 11 is 0. The molecule has 21 heavy (non-hydrogen) atoms. The maximum atomic E-state index is 12.8. The van der Waals surface area contributed by atoms with E-state index in [1.165, 1.54) is 19.3 Å². The zero-order valence-corrected chi connectivity index (χ0v) is 13.5. The molecule has 0 spiro atoms. The normalized spacial score (nSPS) is 36.4. The molecule has 5 atom stereocenters. The van der Waals surface area contributed by atoms with Gasteiger partial charge in [-0.1, -0.05) is 33.1 Å². The SMILES string of the molecule is CCC1CC(C(=O)O)C(C(=O)N(C)C2CCCCC2C)C1. The molecule has 120 valence electrons. The minimum Gasteiger partial charge on any atom is -0.481 e. The summed E-state index contributed by atoms with van der Waals surface area (Å²) in [5, 5.41) is 9.42. The Balaban J connectivity index is 2.08. The van der Waals surface area contributed by atoms with Gasteiger partial charge in [0.25, 0.3) is 0 Å². The summed E-state index contributed by atoms with van der Waals surface area (Å²) in [5.41, 5.74) is 0. The van der Waals surface area contributed by atoms with Crippen molar-refractivity contribution in [2.75, 3.05) is 7.05 Å². The van der Waals surface area contributed by atoms with Gasteiger partial charge in [-0.2, -0.15) is 0 Å². The van der Waals surface area contributed by atoms with E-state index in [0.29, 0.717) is 24.3 Å². The number of nitrogens with zero attached hydrogens (tertiary/aromatic N) is 1. The van der Waals surface area contributed by atoms with Crippen LogP contribution in [0.15, 0.2) is 0 Å². The van der Waals surface area contributed by atoms with Crippen molar-refractivity contribution in [3.63, 3.8) is 0 Å². The predicted octanol–water partition coefficient (Wildman–Crippen LogP) is 3.16. The smallest absolute Gasteiger partial charge is 0.307 e. The lowest BCUT2D eigenvalue weighted by molar-refractivity contribution is -0.150. The topological polar surface area (TPSA) is 57.6 Å². The molecule has 0 radical (unpaired) electrons. The highest BCUT2D eigenvalue weighted by atomic mass is 16.4. The van der Waals surface area contributed by atoms with Gasteiger partial charge in [0.05, 0.1) is 11.8 Å². The van der Waals surface area contributed by atoms with E-state index in [0.717, 1.165) is 19.3 Å². The standard InChI is InChI=1S/C17H29NO3/c1-4-12-9-13(14(10-12)17(20)21)16(19)18(3)15-8-6-5-7-11(15)2/h11-15H,4-10H2,1-3H3,(H,20,21). The Morgan fingerprint density at radius 3 is 2.33 bits per heavy atom. The number of aliphatic carboxylic acids is 1. The molecule has 0 saturated heterocycles. The van der Waals surface area contributed by atoms with Crippen molar-refractivity contribution in [1.29, 1.82) is 0 Å². The van der Waals surface area contributed by atoms with Gasteiger partial charge in [0.15, 0.2) is 0 Å². The molecule has 5 unspecified atom stereocenters. The van der Waals surface area contributed by atoms with Crippen LogP contribution in [0, 0.1) is 23.7 Å². The van der Waals surface area contributed by atoms with Crippen LogP contribution in [0.4, 0.5) is 0 Å². The Morgan fingerprint density at radius 2 is 1.76 bits per heavy atom. The lowest BCUT2D eigenvalue weighted by Gasteiger charge is -2.38. The van der Waals surface area contributed by atoms with Gasteiger partial charge in [0.2, 0.25) is 5.91 Å². The molecule has 0 aliphatic heterocycles. The van der Waals surface area contributed by atoms with Gasteiger partial charge in [-0.25, -0.2) is 0 Å². The van der Waals surface area contributed by atoms with Crippen LogP contribution in [0.5, 0.6) is 0 Å². The van der Waals surface area contributed by atoms with Gasteiger partial charge in [0, 0.05) is 13.1 Å². The number of hydrogen-bond acceptors (Lipinski definition) is 2. The van der Waals surface area contributed by atoms with Crippen LogP contribution in [-0.2, 0) is 9.59 Å². The maximum Gasteiger partial charge on any atom is 0.307 e. The van der Waals surface area contributed by atoms with Gasteiger partial charge >= 0.3 is 5.97 Å². The molecule has 0 aromatic rings. The van der Waals surface area contributed by atoms with Gasteiger partial charge in [-0.3, -0.25) is 9.59 Å². The van der Waals surface area contributed by atoms with Crippen LogP contribution in [0.3, 0.4) is 0 Å². The first kappa shape index (κ1) is 16.3. The zero-order valence-electron chi connectivity index (χ0n) is 13.5. The molecule has 2 aliphatic carbocycles. The Morgan fingerprint density at radius 1 is 1.14 bits per heavy atom. The quantitative estimate of drug-likeness (QED) is 0.866. The van der Waals surface area contributed by atoms with Crippen LogP contribution >= 0.6 is 0 Å². The van der Waals surface area contributed by atoms with Crippen LogP contribution in [0.2, 0.25) is 0 Å². The number of carbonyl (C=O) groups excluding carboxylic acids is 1. The van der Waals surface area contributed by atoms with E-state index in [1.807, 2.05) is 11.9 Å². The summed E-state index contributed by atoms with van der Waals surface area (Å²) in [6, 6.07) is 0.293. The highest BCUT2D eigenvalue weighted by Gasteiger charge is 2.44. The predicted molar refractivity (Wildman–Crippen MR) is 81.8 cm³/mol. The number of hydrogen-bond donors (Lipinski definition) is 1. The fourth-order valence-electron chi connectivity index (χ4n) is 4.32. The van der Waals surface area contributed by atoms with Crippen molar-refractivity contribution >= 4 is 11.9 Å². The van der Waals surface area contributed by atoms with Gasteiger partial charge < -0.3 is 10.0 Å². The molecule has 2 saturated carbocycles. The van der Waals surface area contributed by atoms with Crippen LogP contribution in [0.1, 0.15) is 58.8 Å². The number of carboxylic acids is 1. The van der Waals surface area contributed by atoms with Crippen LogP contribution < -0.4 is 0 Å². The van der Waals surface area contributed by atoms with Gasteiger partial charge in [-0.15, -0.1) is 0 Å². The summed E-state index contributed by atoms with van der Waals surface area (Å²) in [4.78, 5) is 26.2. The fraction of sp³-hybridized carbons (Fsp3) is 0.882. The lowest BCUT2D eigenvalue weighted by atomic mass is 9.84. The first-order valence-corrected chi connectivity index (χ1v) is 8.45. The molecule has 2 fully saturated rings. The number of carbonyl (C=O) groups is 2. The third-order valence-corrected chi connectivity index (χ3v) is 5.78. The summed E-state index contributed by atoms with van der Waals surface area (Å²) in [6.45, 7) is 4.30. The third kappa shape index (κ3) is 3.41. The minimum absolute atomic E-state index is 0.0668. The Labute approximate surface area is 127 Å². The molecule has 4 nitrogen and oxygen atoms in total. The van der Waals surface area contributed by atoms with Crippen molar-refractivity contribution in [3.8, 4) is 0 Å². The van der Waals surface area contributed by atoms with Gasteiger partial charge in [0.1, 0.15) is 0 Å². The molecular formula is C17H29NO3. The molecule has 0 bridgehead atoms. The summed E-state index contributed by atoms with van der Waals surface area (Å²) in [6.07, 6.45) is 7.04. The van der Waals surface area contributed by atoms with E-state index < -0.39 is 11.9 Å². The molecule has 0 aromatic carbocycles. The lowest BCUT2D eigenvalue weighted by Crippen LogP contribution is -2.46. The molecule has 4 heteroatoms. The number of rotatable bonds is 4. The first-order valence-electron chi connectivity index (χ1n) is 8.45. The van der Waals surface area contributed by atoms with Crippen LogP contribution in [-0.4, -0.2) is 35.0 Å². The molecule has 0 aromatic heterocycles. The monoisotopic (exact) mass is 295 g/mol. The van der Waals surface area contributed by atoms with E-state index in [9.17, 15) is 14.7 Å². The third-order valence-electron chi connectivity index (χ3n) is 5.78. The Bertz CT molecular complexity index is 395. The van der Waals surface area contributed by atoms with Crippen molar-refractivity contribution in [1.82, 2.24) is 4.90 Å². The molecule has 2 rings (SSSR count). The second-order valence-electron chi connectivity index (χ2n) is 7.08. The highest BCUT2D eigenvalue weighted by molar-refractivity contribution is 5.85. The van der Waals surface area contributed by atoms with Crippen LogP contribution in [0.25, 0.3) is 0 Å². The average molecular weight is 295 g/mol. The molecule has 1 amide bonds. The zero-order chi connectivity index (χ0) is 15.6. The van der Waals surface area contributed by atoms with Crippen molar-refractivity contribution in [2.24, 2.45) is 23.7 Å². The molecule has 2 aliphatic rings. The average Bonchev–Trinajstić information content (AvgIpc) is 2.90. The second kappa shape index (κ2) is 6.80. The van der Waals surface area contributed by atoms with Crippen molar-refractivity contribution in [3.05, 3.63) is 0 Å². The summed E-state index contributed by atoms with van der Waals surface area (Å²) in [5.74, 6) is -0.613. The largest absolute Gasteiger partial charge is 0.481 e. The van der Waals surface area contributed by atoms with E-state index in [2.05, 4.69) is 13.8 Å². The van der Waals surface area contributed by atoms with E-state index in [4.69, 9.17) is 0 Å². The first-order chi connectivity index (χ1) is 9.95. The molecule has 1 N–H and O–H groups in total. The Kier molecular flexibility index (Phi) is 5.28. The van der Waals surface area contributed by atoms with Crippen molar-refractivity contribution < 1.29 is 14.7 Å². The molecule has 0 heterocycles. The second-order valence-corrected chi connectivity index (χ2v) is 7.08. The maximum absolute atomic E-state index is 12.8. The van der Waals surface area contributed by atoms with Gasteiger partial charge in [-0.05, 0) is 37.5 Å². The highest BCUT2D eigenvalue weighted by Crippen LogP contribution is 2.40. The summed E-state index contributed by atoms with van der Waals surface area (Å²) in [7, 11) is 1.88.